The lowest BCUT2D eigenvalue weighted by molar-refractivity contribution is -0.141. The van der Waals surface area contributed by atoms with Crippen LogP contribution >= 0.6 is 11.3 Å². The van der Waals surface area contributed by atoms with Crippen LogP contribution in [0.1, 0.15) is 5.69 Å². The number of hydrogen-bond acceptors (Lipinski definition) is 8. The first-order valence-electron chi connectivity index (χ1n) is 8.98. The molecule has 0 saturated carbocycles. The Morgan fingerprint density at radius 3 is 2.41 bits per heavy atom. The second kappa shape index (κ2) is 8.28. The maximum Gasteiger partial charge on any atom is 0.433 e. The molecule has 1 aromatic carbocycles. The summed E-state index contributed by atoms with van der Waals surface area (Å²) in [4.78, 5) is 16.3. The molecule has 0 atom stereocenters. The number of thiazole rings is 1. The molecule has 0 aliphatic heterocycles. The van der Waals surface area contributed by atoms with E-state index in [9.17, 15) is 21.6 Å². The molecule has 0 amide bonds. The number of benzene rings is 1. The van der Waals surface area contributed by atoms with Gasteiger partial charge < -0.3 is 5.32 Å². The molecule has 0 saturated heterocycles. The maximum atomic E-state index is 12.9. The van der Waals surface area contributed by atoms with Crippen LogP contribution in [-0.2, 0) is 16.0 Å². The van der Waals surface area contributed by atoms with E-state index in [0.29, 0.717) is 15.4 Å². The molecule has 4 rings (SSSR count). The van der Waals surface area contributed by atoms with Crippen LogP contribution in [-0.4, -0.2) is 34.6 Å². The van der Waals surface area contributed by atoms with Crippen molar-refractivity contribution in [1.82, 2.24) is 19.9 Å². The van der Waals surface area contributed by atoms with Gasteiger partial charge in [0.15, 0.2) is 9.84 Å². The van der Waals surface area contributed by atoms with E-state index in [1.807, 2.05) is 0 Å². The Kier molecular flexibility index (Phi) is 5.65. The Morgan fingerprint density at radius 2 is 1.72 bits per heavy atom. The fraction of sp³-hybridized carbons (Fsp3) is 0.100. The second-order valence-corrected chi connectivity index (χ2v) is 9.72. The molecule has 0 radical (unpaired) electrons. The minimum atomic E-state index is -4.63. The Balaban J connectivity index is 1.74. The van der Waals surface area contributed by atoms with Crippen LogP contribution in [0.5, 0.6) is 0 Å². The summed E-state index contributed by atoms with van der Waals surface area (Å²) < 4.78 is 63.3. The Labute approximate surface area is 185 Å². The van der Waals surface area contributed by atoms with Crippen molar-refractivity contribution in [3.05, 3.63) is 66.9 Å². The smallest absolute Gasteiger partial charge is 0.324 e. The lowest BCUT2D eigenvalue weighted by atomic mass is 10.2. The minimum absolute atomic E-state index is 0.0108. The summed E-state index contributed by atoms with van der Waals surface area (Å²) in [5, 5.41) is 3.38. The molecule has 7 nitrogen and oxygen atoms in total. The molecule has 3 heterocycles. The Morgan fingerprint density at radius 1 is 0.969 bits per heavy atom. The van der Waals surface area contributed by atoms with E-state index in [4.69, 9.17) is 0 Å². The summed E-state index contributed by atoms with van der Waals surface area (Å²) in [6.45, 7) is 0. The second-order valence-electron chi connectivity index (χ2n) is 6.67. The van der Waals surface area contributed by atoms with Crippen LogP contribution in [0.3, 0.4) is 0 Å². The third-order valence-corrected chi connectivity index (χ3v) is 6.44. The molecule has 1 N–H and O–H groups in total. The van der Waals surface area contributed by atoms with Crippen molar-refractivity contribution in [2.75, 3.05) is 11.6 Å². The van der Waals surface area contributed by atoms with Gasteiger partial charge in [-0.2, -0.15) is 13.2 Å². The van der Waals surface area contributed by atoms with Crippen LogP contribution in [0.15, 0.2) is 66.1 Å². The molecule has 164 valence electrons. The van der Waals surface area contributed by atoms with E-state index >= 15 is 0 Å². The fourth-order valence-corrected chi connectivity index (χ4v) is 4.36. The number of hydrogen-bond donors (Lipinski definition) is 1. The lowest BCUT2D eigenvalue weighted by Gasteiger charge is -2.11. The largest absolute Gasteiger partial charge is 0.433 e. The first kappa shape index (κ1) is 21.8. The monoisotopic (exact) mass is 477 g/mol. The summed E-state index contributed by atoms with van der Waals surface area (Å²) in [6.07, 6.45) is 2.27. The summed E-state index contributed by atoms with van der Waals surface area (Å²) in [6, 6.07) is 8.75. The van der Waals surface area contributed by atoms with E-state index in [2.05, 4.69) is 25.3 Å². The SMILES string of the molecule is CS(=O)(=O)c1cc(Nc2nccc(C(F)(F)F)n2)cc(-c2cnc(-c3ccncc3)s2)c1. The number of rotatable bonds is 5. The summed E-state index contributed by atoms with van der Waals surface area (Å²) in [5.41, 5.74) is 0.492. The van der Waals surface area contributed by atoms with Gasteiger partial charge in [-0.05, 0) is 42.0 Å². The zero-order valence-corrected chi connectivity index (χ0v) is 18.0. The molecule has 12 heteroatoms. The minimum Gasteiger partial charge on any atom is -0.324 e. The number of pyridine rings is 1. The normalized spacial score (nSPS) is 12.0. The summed E-state index contributed by atoms with van der Waals surface area (Å²) >= 11 is 1.34. The van der Waals surface area contributed by atoms with E-state index in [1.165, 1.54) is 23.5 Å². The number of halogens is 3. The molecule has 0 spiro atoms. The number of anilines is 2. The van der Waals surface area contributed by atoms with Gasteiger partial charge in [-0.3, -0.25) is 4.98 Å². The summed E-state index contributed by atoms with van der Waals surface area (Å²) in [5.74, 6) is -0.307. The topological polar surface area (TPSA) is 97.7 Å². The first-order chi connectivity index (χ1) is 15.1. The van der Waals surface area contributed by atoms with Crippen LogP contribution in [0.2, 0.25) is 0 Å². The molecule has 0 aliphatic carbocycles. The number of alkyl halides is 3. The molecule has 3 aromatic heterocycles. The quantitative estimate of drug-likeness (QED) is 0.440. The average molecular weight is 477 g/mol. The van der Waals surface area contributed by atoms with E-state index in [0.717, 1.165) is 24.1 Å². The summed E-state index contributed by atoms with van der Waals surface area (Å²) in [7, 11) is -3.61. The predicted octanol–water partition coefficient (Wildman–Crippen LogP) is 4.83. The van der Waals surface area contributed by atoms with Crippen molar-refractivity contribution in [3.8, 4) is 21.0 Å². The highest BCUT2D eigenvalue weighted by molar-refractivity contribution is 7.90. The van der Waals surface area contributed by atoms with Gasteiger partial charge in [-0.1, -0.05) is 0 Å². The van der Waals surface area contributed by atoms with Gasteiger partial charge >= 0.3 is 6.18 Å². The zero-order chi connectivity index (χ0) is 22.9. The van der Waals surface area contributed by atoms with Gasteiger partial charge in [-0.15, -0.1) is 11.3 Å². The maximum absolute atomic E-state index is 12.9. The van der Waals surface area contributed by atoms with Crippen molar-refractivity contribution in [3.63, 3.8) is 0 Å². The number of nitrogens with zero attached hydrogens (tertiary/aromatic N) is 4. The number of sulfone groups is 1. The van der Waals surface area contributed by atoms with E-state index < -0.39 is 21.7 Å². The van der Waals surface area contributed by atoms with Crippen LogP contribution in [0, 0.1) is 0 Å². The van der Waals surface area contributed by atoms with Crippen molar-refractivity contribution in [1.29, 1.82) is 0 Å². The van der Waals surface area contributed by atoms with Crippen LogP contribution in [0.4, 0.5) is 24.8 Å². The molecule has 0 aliphatic rings. The molecule has 0 unspecified atom stereocenters. The van der Waals surface area contributed by atoms with Gasteiger partial charge in [0.05, 0.1) is 9.77 Å². The highest BCUT2D eigenvalue weighted by Crippen LogP contribution is 2.35. The fourth-order valence-electron chi connectivity index (χ4n) is 2.77. The van der Waals surface area contributed by atoms with Crippen LogP contribution in [0.25, 0.3) is 21.0 Å². The number of nitrogens with one attached hydrogen (secondary N) is 1. The zero-order valence-electron chi connectivity index (χ0n) is 16.3. The average Bonchev–Trinajstić information content (AvgIpc) is 3.24. The molecule has 32 heavy (non-hydrogen) atoms. The van der Waals surface area contributed by atoms with Crippen molar-refractivity contribution < 1.29 is 21.6 Å². The van der Waals surface area contributed by atoms with Gasteiger partial charge in [0.1, 0.15) is 10.7 Å². The predicted molar refractivity (Wildman–Crippen MR) is 114 cm³/mol. The van der Waals surface area contributed by atoms with Crippen molar-refractivity contribution >= 4 is 32.8 Å². The Bertz CT molecular complexity index is 1370. The van der Waals surface area contributed by atoms with Gasteiger partial charge in [0.2, 0.25) is 5.95 Å². The first-order valence-corrected chi connectivity index (χ1v) is 11.7. The molecule has 0 fully saturated rings. The highest BCUT2D eigenvalue weighted by Gasteiger charge is 2.32. The van der Waals surface area contributed by atoms with Crippen LogP contribution < -0.4 is 5.32 Å². The van der Waals surface area contributed by atoms with Crippen molar-refractivity contribution in [2.45, 2.75) is 11.1 Å². The van der Waals surface area contributed by atoms with Gasteiger partial charge in [0.25, 0.3) is 0 Å². The molecular formula is C20H14F3N5O2S2. The molecule has 0 bridgehead atoms. The van der Waals surface area contributed by atoms with Gasteiger partial charge in [0, 0.05) is 42.3 Å². The number of aromatic nitrogens is 4. The van der Waals surface area contributed by atoms with E-state index in [-0.39, 0.29) is 16.5 Å². The standard InChI is InChI=1S/C20H14F3N5O2S2/c1-32(29,30)15-9-13(16-11-26-18(31-16)12-2-5-24-6-3-12)8-14(10-15)27-19-25-7-4-17(28-19)20(21,22)23/h2-11H,1H3,(H,25,27,28). The molecule has 4 aromatic rings. The lowest BCUT2D eigenvalue weighted by Crippen LogP contribution is -2.10. The Hall–Kier alpha value is -3.38. The highest BCUT2D eigenvalue weighted by atomic mass is 32.2. The van der Waals surface area contributed by atoms with E-state index in [1.54, 1.807) is 36.8 Å². The van der Waals surface area contributed by atoms with Crippen molar-refractivity contribution in [2.24, 2.45) is 0 Å². The third-order valence-electron chi connectivity index (χ3n) is 4.25. The third kappa shape index (κ3) is 4.92. The van der Waals surface area contributed by atoms with Gasteiger partial charge in [-0.25, -0.2) is 23.4 Å². The molecular weight excluding hydrogens is 463 g/mol.